The highest BCUT2D eigenvalue weighted by Crippen LogP contribution is 2.22. The second kappa shape index (κ2) is 6.73. The van der Waals surface area contributed by atoms with Crippen LogP contribution in [0.25, 0.3) is 0 Å². The molecule has 0 fully saturated rings. The number of nitrogens with zero attached hydrogens (tertiary/aromatic N) is 1. The first-order valence-corrected chi connectivity index (χ1v) is 7.68. The molecule has 2 aromatic rings. The quantitative estimate of drug-likeness (QED) is 0.654. The Morgan fingerprint density at radius 3 is 2.89 bits per heavy atom. The van der Waals surface area contributed by atoms with Gasteiger partial charge in [-0.1, -0.05) is 19.1 Å². The number of rotatable bonds is 4. The minimum atomic E-state index is 0.442. The van der Waals surface area contributed by atoms with E-state index in [1.165, 1.54) is 10.4 Å². The van der Waals surface area contributed by atoms with Gasteiger partial charge in [0.05, 0.1) is 10.3 Å². The van der Waals surface area contributed by atoms with Crippen molar-refractivity contribution in [2.24, 2.45) is 10.7 Å². The summed E-state index contributed by atoms with van der Waals surface area (Å²) in [5.41, 5.74) is 8.14. The first-order chi connectivity index (χ1) is 9.17. The molecule has 0 unspecified atom stereocenters. The molecule has 1 aromatic carbocycles. The third-order valence-corrected chi connectivity index (χ3v) is 4.25. The number of guanidine groups is 1. The van der Waals surface area contributed by atoms with Crippen LogP contribution in [-0.2, 0) is 13.0 Å². The highest BCUT2D eigenvalue weighted by Gasteiger charge is 1.99. The van der Waals surface area contributed by atoms with E-state index in [2.05, 4.69) is 45.3 Å². The van der Waals surface area contributed by atoms with Gasteiger partial charge in [-0.2, -0.15) is 0 Å². The Morgan fingerprint density at radius 1 is 1.37 bits per heavy atom. The first kappa shape index (κ1) is 14.1. The van der Waals surface area contributed by atoms with Crippen LogP contribution < -0.4 is 11.1 Å². The van der Waals surface area contributed by atoms with Crippen molar-refractivity contribution in [2.75, 3.05) is 5.32 Å². The predicted molar refractivity (Wildman–Crippen MR) is 86.8 cm³/mol. The Morgan fingerprint density at radius 2 is 2.21 bits per heavy atom. The Hall–Kier alpha value is -1.33. The zero-order valence-corrected chi connectivity index (χ0v) is 13.1. The van der Waals surface area contributed by atoms with E-state index in [4.69, 9.17) is 5.73 Å². The van der Waals surface area contributed by atoms with Crippen LogP contribution >= 0.6 is 27.3 Å². The SMILES string of the molecule is CCc1cccc(NC(N)=NCc2ccc(Br)s2)c1. The lowest BCUT2D eigenvalue weighted by molar-refractivity contribution is 1.09. The Bertz CT molecular complexity index is 578. The van der Waals surface area contributed by atoms with E-state index < -0.39 is 0 Å². The molecule has 0 radical (unpaired) electrons. The van der Waals surface area contributed by atoms with Crippen LogP contribution in [0.1, 0.15) is 17.4 Å². The molecule has 0 spiro atoms. The lowest BCUT2D eigenvalue weighted by atomic mass is 10.1. The van der Waals surface area contributed by atoms with E-state index in [-0.39, 0.29) is 0 Å². The summed E-state index contributed by atoms with van der Waals surface area (Å²) >= 11 is 5.10. The molecule has 19 heavy (non-hydrogen) atoms. The first-order valence-electron chi connectivity index (χ1n) is 6.07. The molecule has 0 aliphatic rings. The minimum absolute atomic E-state index is 0.442. The topological polar surface area (TPSA) is 50.4 Å². The van der Waals surface area contributed by atoms with Gasteiger partial charge in [-0.25, -0.2) is 4.99 Å². The molecular weight excluding hydrogens is 322 g/mol. The molecule has 0 aliphatic heterocycles. The Labute approximate surface area is 125 Å². The summed E-state index contributed by atoms with van der Waals surface area (Å²) in [6.07, 6.45) is 1.01. The molecule has 1 aromatic heterocycles. The number of nitrogens with two attached hydrogens (primary N) is 1. The summed E-state index contributed by atoms with van der Waals surface area (Å²) < 4.78 is 1.11. The molecule has 0 amide bonds. The molecule has 0 saturated carbocycles. The van der Waals surface area contributed by atoms with Crippen LogP contribution in [0, 0.1) is 0 Å². The van der Waals surface area contributed by atoms with E-state index in [1.807, 2.05) is 24.3 Å². The average molecular weight is 338 g/mol. The summed E-state index contributed by atoms with van der Waals surface area (Å²) in [5.74, 6) is 0.442. The maximum absolute atomic E-state index is 5.88. The summed E-state index contributed by atoms with van der Waals surface area (Å²) in [6, 6.07) is 12.3. The molecule has 1 heterocycles. The van der Waals surface area contributed by atoms with Crippen LogP contribution in [-0.4, -0.2) is 5.96 Å². The summed E-state index contributed by atoms with van der Waals surface area (Å²) in [6.45, 7) is 2.73. The van der Waals surface area contributed by atoms with Crippen LogP contribution in [0.2, 0.25) is 0 Å². The lowest BCUT2D eigenvalue weighted by Gasteiger charge is -2.06. The van der Waals surface area contributed by atoms with E-state index in [0.717, 1.165) is 15.9 Å². The molecule has 0 saturated heterocycles. The van der Waals surface area contributed by atoms with Gasteiger partial charge in [0.15, 0.2) is 5.96 Å². The number of hydrogen-bond donors (Lipinski definition) is 2. The van der Waals surface area contributed by atoms with Gasteiger partial charge in [-0.15, -0.1) is 11.3 Å². The van der Waals surface area contributed by atoms with Crippen molar-refractivity contribution in [3.05, 3.63) is 50.6 Å². The molecule has 0 aliphatic carbocycles. The summed E-state index contributed by atoms with van der Waals surface area (Å²) in [4.78, 5) is 5.51. The molecule has 3 nitrogen and oxygen atoms in total. The summed E-state index contributed by atoms with van der Waals surface area (Å²) in [5, 5.41) is 3.11. The average Bonchev–Trinajstić information content (AvgIpc) is 2.82. The number of thiophene rings is 1. The largest absolute Gasteiger partial charge is 0.370 e. The number of nitrogens with one attached hydrogen (secondary N) is 1. The van der Waals surface area contributed by atoms with Crippen molar-refractivity contribution in [1.82, 2.24) is 0 Å². The second-order valence-corrected chi connectivity index (χ2v) is 6.63. The fourth-order valence-corrected chi connectivity index (χ4v) is 3.06. The maximum atomic E-state index is 5.88. The van der Waals surface area contributed by atoms with Crippen LogP contribution in [0.5, 0.6) is 0 Å². The third kappa shape index (κ3) is 4.36. The van der Waals surface area contributed by atoms with Gasteiger partial charge in [0.2, 0.25) is 0 Å². The second-order valence-electron chi connectivity index (χ2n) is 4.09. The normalized spacial score (nSPS) is 11.6. The predicted octanol–water partition coefficient (Wildman–Crippen LogP) is 4.00. The van der Waals surface area contributed by atoms with E-state index in [0.29, 0.717) is 12.5 Å². The zero-order valence-electron chi connectivity index (χ0n) is 10.7. The van der Waals surface area contributed by atoms with E-state index in [9.17, 15) is 0 Å². The van der Waals surface area contributed by atoms with Gasteiger partial charge in [0.25, 0.3) is 0 Å². The number of anilines is 1. The highest BCUT2D eigenvalue weighted by atomic mass is 79.9. The van der Waals surface area contributed by atoms with Gasteiger partial charge < -0.3 is 11.1 Å². The van der Waals surface area contributed by atoms with E-state index in [1.54, 1.807) is 11.3 Å². The smallest absolute Gasteiger partial charge is 0.193 e. The number of aliphatic imine (C=N–C) groups is 1. The molecule has 0 bridgehead atoms. The zero-order chi connectivity index (χ0) is 13.7. The van der Waals surface area contributed by atoms with Crippen molar-refractivity contribution in [3.63, 3.8) is 0 Å². The number of aryl methyl sites for hydroxylation is 1. The number of halogens is 1. The standard InChI is InChI=1S/C14H16BrN3S/c1-2-10-4-3-5-11(8-10)18-14(16)17-9-12-6-7-13(15)19-12/h3-8H,2,9H2,1H3,(H3,16,17,18). The maximum Gasteiger partial charge on any atom is 0.193 e. The molecular formula is C14H16BrN3S. The fraction of sp³-hybridized carbons (Fsp3) is 0.214. The summed E-state index contributed by atoms with van der Waals surface area (Å²) in [7, 11) is 0. The third-order valence-electron chi connectivity index (χ3n) is 2.64. The van der Waals surface area contributed by atoms with Gasteiger partial charge in [0.1, 0.15) is 0 Å². The van der Waals surface area contributed by atoms with Gasteiger partial charge >= 0.3 is 0 Å². The van der Waals surface area contributed by atoms with Crippen molar-refractivity contribution in [1.29, 1.82) is 0 Å². The highest BCUT2D eigenvalue weighted by molar-refractivity contribution is 9.11. The van der Waals surface area contributed by atoms with Gasteiger partial charge in [-0.3, -0.25) is 0 Å². The lowest BCUT2D eigenvalue weighted by Crippen LogP contribution is -2.22. The molecule has 0 atom stereocenters. The van der Waals surface area contributed by atoms with Gasteiger partial charge in [-0.05, 0) is 52.2 Å². The molecule has 5 heteroatoms. The molecule has 100 valence electrons. The number of benzene rings is 1. The van der Waals surface area contributed by atoms with Crippen molar-refractivity contribution >= 4 is 38.9 Å². The van der Waals surface area contributed by atoms with Crippen LogP contribution in [0.15, 0.2) is 45.2 Å². The van der Waals surface area contributed by atoms with Gasteiger partial charge in [0, 0.05) is 10.6 Å². The minimum Gasteiger partial charge on any atom is -0.370 e. The van der Waals surface area contributed by atoms with Crippen molar-refractivity contribution < 1.29 is 0 Å². The monoisotopic (exact) mass is 337 g/mol. The van der Waals surface area contributed by atoms with Crippen molar-refractivity contribution in [3.8, 4) is 0 Å². The van der Waals surface area contributed by atoms with Crippen molar-refractivity contribution in [2.45, 2.75) is 19.9 Å². The van der Waals surface area contributed by atoms with Crippen LogP contribution in [0.3, 0.4) is 0 Å². The van der Waals surface area contributed by atoms with Crippen LogP contribution in [0.4, 0.5) is 5.69 Å². The van der Waals surface area contributed by atoms with E-state index >= 15 is 0 Å². The number of hydrogen-bond acceptors (Lipinski definition) is 2. The Balaban J connectivity index is 1.97. The Kier molecular flexibility index (Phi) is 4.99. The fourth-order valence-electron chi connectivity index (χ4n) is 1.66. The molecule has 2 rings (SSSR count). The molecule has 3 N–H and O–H groups in total.